The van der Waals surface area contributed by atoms with E-state index in [-0.39, 0.29) is 11.3 Å². The van der Waals surface area contributed by atoms with E-state index in [1.54, 1.807) is 6.26 Å². The number of hydrogen-bond donors (Lipinski definition) is 2. The molecule has 1 aliphatic carbocycles. The molecule has 1 fully saturated rings. The minimum Gasteiger partial charge on any atom is -0.467 e. The van der Waals surface area contributed by atoms with Crippen molar-refractivity contribution in [3.8, 4) is 6.07 Å². The van der Waals surface area contributed by atoms with Crippen LogP contribution in [0.3, 0.4) is 0 Å². The van der Waals surface area contributed by atoms with E-state index < -0.39 is 0 Å². The van der Waals surface area contributed by atoms with E-state index in [1.807, 2.05) is 16.7 Å². The Labute approximate surface area is 156 Å². The summed E-state index contributed by atoms with van der Waals surface area (Å²) in [6, 6.07) is 6.48. The molecule has 2 aromatic heterocycles. The van der Waals surface area contributed by atoms with Gasteiger partial charge in [0.25, 0.3) is 5.56 Å². The van der Waals surface area contributed by atoms with Crippen molar-refractivity contribution in [3.63, 3.8) is 0 Å². The van der Waals surface area contributed by atoms with Crippen LogP contribution in [-0.2, 0) is 13.1 Å². The van der Waals surface area contributed by atoms with E-state index in [2.05, 4.69) is 16.4 Å². The highest BCUT2D eigenvalue weighted by molar-refractivity contribution is 7.99. The fourth-order valence-corrected chi connectivity index (χ4v) is 4.61. The maximum absolute atomic E-state index is 12.7. The van der Waals surface area contributed by atoms with E-state index in [9.17, 15) is 4.79 Å². The Bertz CT molecular complexity index is 865. The lowest BCUT2D eigenvalue weighted by Gasteiger charge is -2.32. The molecule has 26 heavy (non-hydrogen) atoms. The fraction of sp³-hybridized carbons (Fsp3) is 0.500. The molecular weight excluding hydrogens is 350 g/mol. The third kappa shape index (κ3) is 3.37. The number of hydrogen-bond acceptors (Lipinski definition) is 6. The second-order valence-corrected chi connectivity index (χ2v) is 7.75. The predicted molar refractivity (Wildman–Crippen MR) is 98.1 cm³/mol. The number of nitrogens with one attached hydrogen (secondary N) is 2. The minimum absolute atomic E-state index is 0.182. The van der Waals surface area contributed by atoms with Gasteiger partial charge in [0.2, 0.25) is 0 Å². The van der Waals surface area contributed by atoms with Gasteiger partial charge in [0.05, 0.1) is 30.7 Å². The number of nitriles is 1. The van der Waals surface area contributed by atoms with E-state index in [0.717, 1.165) is 23.8 Å². The number of quaternary nitrogens is 1. The van der Waals surface area contributed by atoms with E-state index in [0.29, 0.717) is 24.3 Å². The molecule has 3 heterocycles. The van der Waals surface area contributed by atoms with Gasteiger partial charge in [-0.15, -0.1) is 0 Å². The van der Waals surface area contributed by atoms with Crippen molar-refractivity contribution in [1.82, 2.24) is 9.55 Å². The van der Waals surface area contributed by atoms with Gasteiger partial charge in [0.15, 0.2) is 11.8 Å². The summed E-state index contributed by atoms with van der Waals surface area (Å²) in [4.78, 5) is 18.4. The molecule has 1 atom stereocenters. The first kappa shape index (κ1) is 17.2. The first-order valence-electron chi connectivity index (χ1n) is 9.00. The van der Waals surface area contributed by atoms with Crippen LogP contribution in [0, 0.1) is 11.3 Å². The third-order valence-electron chi connectivity index (χ3n) is 5.22. The highest BCUT2D eigenvalue weighted by Gasteiger charge is 2.32. The molecule has 0 radical (unpaired) electrons. The molecule has 2 aromatic rings. The van der Waals surface area contributed by atoms with Gasteiger partial charge in [-0.2, -0.15) is 10.2 Å². The van der Waals surface area contributed by atoms with Crippen LogP contribution >= 0.6 is 11.8 Å². The second kappa shape index (κ2) is 7.56. The molecule has 2 N–H and O–H groups in total. The topological polar surface area (TPSA) is 88.3 Å². The van der Waals surface area contributed by atoms with Crippen LogP contribution in [0.15, 0.2) is 32.8 Å². The molecule has 1 aliphatic heterocycles. The Morgan fingerprint density at radius 3 is 3.04 bits per heavy atom. The summed E-state index contributed by atoms with van der Waals surface area (Å²) in [6.45, 7) is 2.00. The zero-order valence-corrected chi connectivity index (χ0v) is 15.3. The molecule has 1 saturated carbocycles. The summed E-state index contributed by atoms with van der Waals surface area (Å²) in [5.74, 6) is 1.87. The van der Waals surface area contributed by atoms with Crippen LogP contribution < -0.4 is 15.8 Å². The van der Waals surface area contributed by atoms with Crippen molar-refractivity contribution < 1.29 is 9.32 Å². The largest absolute Gasteiger partial charge is 0.467 e. The second-order valence-electron chi connectivity index (χ2n) is 6.81. The predicted octanol–water partition coefficient (Wildman–Crippen LogP) is 1.21. The van der Waals surface area contributed by atoms with Crippen molar-refractivity contribution in [2.24, 2.45) is 0 Å². The van der Waals surface area contributed by atoms with Gasteiger partial charge >= 0.3 is 0 Å². The Balaban J connectivity index is 1.70. The first-order valence-corrected chi connectivity index (χ1v) is 9.99. The number of furan rings is 1. The fourth-order valence-electron chi connectivity index (χ4n) is 3.96. The lowest BCUT2D eigenvalue weighted by molar-refractivity contribution is -0.936. The van der Waals surface area contributed by atoms with Crippen LogP contribution in [0.1, 0.15) is 37.0 Å². The molecular formula is C18H22N5O2S+. The highest BCUT2D eigenvalue weighted by atomic mass is 32.2. The highest BCUT2D eigenvalue weighted by Crippen LogP contribution is 2.24. The summed E-state index contributed by atoms with van der Waals surface area (Å²) in [5, 5.41) is 13.0. The average Bonchev–Trinajstić information content (AvgIpc) is 3.36. The lowest BCUT2D eigenvalue weighted by Crippen LogP contribution is -3.16. The molecule has 0 saturated heterocycles. The quantitative estimate of drug-likeness (QED) is 0.606. The standard InChI is InChI=1S/C18H21N5O2S/c19-7-9-26-18-21-17(24)15-11-22(13-4-1-2-5-13)12-20-16(15)23(18)10-14-6-3-8-25-14/h3,6,8,13,20H,1-2,4-5,9-12H2/p+1. The van der Waals surface area contributed by atoms with Gasteiger partial charge in [0, 0.05) is 0 Å². The zero-order chi connectivity index (χ0) is 17.9. The van der Waals surface area contributed by atoms with Crippen LogP contribution in [0.5, 0.6) is 0 Å². The van der Waals surface area contributed by atoms with Crippen molar-refractivity contribution >= 4 is 17.6 Å². The Hall–Kier alpha value is -2.24. The smallest absolute Gasteiger partial charge is 0.284 e. The SMILES string of the molecule is N#CCSc1nc(=O)c2c(n1Cc1ccco1)NC[NH+](C1CCCC1)C2. The van der Waals surface area contributed by atoms with Gasteiger partial charge in [-0.1, -0.05) is 11.8 Å². The zero-order valence-electron chi connectivity index (χ0n) is 14.5. The molecule has 2 aliphatic rings. The molecule has 4 rings (SSSR count). The van der Waals surface area contributed by atoms with Crippen LogP contribution in [-0.4, -0.2) is 28.0 Å². The summed E-state index contributed by atoms with van der Waals surface area (Å²) in [7, 11) is 0. The Morgan fingerprint density at radius 1 is 1.46 bits per heavy atom. The van der Waals surface area contributed by atoms with Gasteiger partial charge in [-0.25, -0.2) is 0 Å². The summed E-state index contributed by atoms with van der Waals surface area (Å²) in [6.07, 6.45) is 6.67. The first-order chi connectivity index (χ1) is 12.8. The minimum atomic E-state index is -0.182. The monoisotopic (exact) mass is 372 g/mol. The van der Waals surface area contributed by atoms with Crippen LogP contribution in [0.2, 0.25) is 0 Å². The summed E-state index contributed by atoms with van der Waals surface area (Å²) in [5.41, 5.74) is 0.560. The number of fused-ring (bicyclic) bond motifs is 1. The molecule has 1 unspecified atom stereocenters. The third-order valence-corrected chi connectivity index (χ3v) is 6.06. The average molecular weight is 372 g/mol. The van der Waals surface area contributed by atoms with Gasteiger partial charge in [0.1, 0.15) is 23.7 Å². The van der Waals surface area contributed by atoms with Gasteiger partial charge in [-0.05, 0) is 37.8 Å². The maximum atomic E-state index is 12.7. The van der Waals surface area contributed by atoms with Crippen molar-refractivity contribution in [3.05, 3.63) is 40.1 Å². The number of anilines is 1. The number of aromatic nitrogens is 2. The summed E-state index contributed by atoms with van der Waals surface area (Å²) >= 11 is 1.28. The van der Waals surface area contributed by atoms with E-state index >= 15 is 0 Å². The van der Waals surface area contributed by atoms with E-state index in [4.69, 9.17) is 9.68 Å². The molecule has 0 amide bonds. The van der Waals surface area contributed by atoms with Crippen LogP contribution in [0.25, 0.3) is 0 Å². The summed E-state index contributed by atoms with van der Waals surface area (Å²) < 4.78 is 7.46. The molecule has 0 aromatic carbocycles. The molecule has 136 valence electrons. The number of rotatable bonds is 5. The van der Waals surface area contributed by atoms with Crippen molar-refractivity contribution in [2.75, 3.05) is 17.7 Å². The lowest BCUT2D eigenvalue weighted by atomic mass is 10.1. The van der Waals surface area contributed by atoms with E-state index in [1.165, 1.54) is 42.3 Å². The molecule has 7 nitrogen and oxygen atoms in total. The normalized spacial score (nSPS) is 19.7. The number of thioether (sulfide) groups is 1. The maximum Gasteiger partial charge on any atom is 0.284 e. The van der Waals surface area contributed by atoms with Gasteiger partial charge in [-0.3, -0.25) is 9.36 Å². The Kier molecular flexibility index (Phi) is 5.00. The molecule has 0 bridgehead atoms. The van der Waals surface area contributed by atoms with Crippen LogP contribution in [0.4, 0.5) is 5.82 Å². The molecule has 8 heteroatoms. The number of nitrogens with zero attached hydrogens (tertiary/aromatic N) is 3. The molecule has 0 spiro atoms. The van der Waals surface area contributed by atoms with Crippen molar-refractivity contribution in [1.29, 1.82) is 5.26 Å². The Morgan fingerprint density at radius 2 is 2.31 bits per heavy atom. The van der Waals surface area contributed by atoms with Gasteiger partial charge < -0.3 is 14.6 Å². The van der Waals surface area contributed by atoms with Crippen molar-refractivity contribution in [2.45, 2.75) is 50.0 Å².